The molecule has 1 aromatic rings. The first-order valence-corrected chi connectivity index (χ1v) is 9.67. The second-order valence-electron chi connectivity index (χ2n) is 5.79. The van der Waals surface area contributed by atoms with E-state index in [1.165, 1.54) is 52.1 Å². The monoisotopic (exact) mass is 400 g/mol. The number of rotatable bonds is 10. The van der Waals surface area contributed by atoms with Crippen molar-refractivity contribution in [2.24, 2.45) is 0 Å². The topological polar surface area (TPSA) is 128 Å². The molecule has 2 N–H and O–H groups in total. The average molecular weight is 400 g/mol. The number of hydrogen-bond donors (Lipinski definition) is 2. The summed E-state index contributed by atoms with van der Waals surface area (Å²) in [5.41, 5.74) is 0.370. The number of carbonyl (C=O) groups is 3. The fourth-order valence-electron chi connectivity index (χ4n) is 1.97. The van der Waals surface area contributed by atoms with Gasteiger partial charge in [-0.15, -0.1) is 0 Å². The van der Waals surface area contributed by atoms with Crippen molar-refractivity contribution < 1.29 is 32.3 Å². The van der Waals surface area contributed by atoms with Crippen LogP contribution in [0.4, 0.5) is 0 Å². The second kappa shape index (κ2) is 10.1. The minimum Gasteiger partial charge on any atom is -0.451 e. The molecule has 10 heteroatoms. The zero-order valence-corrected chi connectivity index (χ0v) is 16.5. The zero-order chi connectivity index (χ0) is 20.6. The van der Waals surface area contributed by atoms with Crippen LogP contribution in [0.5, 0.6) is 0 Å². The number of nitrogens with one attached hydrogen (secondary N) is 2. The van der Waals surface area contributed by atoms with Crippen LogP contribution in [0.15, 0.2) is 29.2 Å². The summed E-state index contributed by atoms with van der Waals surface area (Å²) in [5.74, 6) is -1.61. The first-order valence-electron chi connectivity index (χ1n) is 8.19. The molecule has 0 radical (unpaired) electrons. The largest absolute Gasteiger partial charge is 0.451 e. The number of esters is 1. The van der Waals surface area contributed by atoms with Gasteiger partial charge in [0.2, 0.25) is 10.0 Å². The van der Waals surface area contributed by atoms with E-state index in [0.717, 1.165) is 0 Å². The average Bonchev–Trinajstić information content (AvgIpc) is 2.61. The standard InChI is InChI=1S/C17H24N2O7S/c1-11(17(22)26-13(3)16(21)18-9-10-25-4)19-27(23,24)15-7-5-14(6-8-15)12(2)20/h5-8,11,13,19H,9-10H2,1-4H3,(H,18,21)/t11-,13+/m0/s1. The number of sulfonamides is 1. The molecule has 0 saturated heterocycles. The maximum atomic E-state index is 12.3. The molecule has 0 heterocycles. The third-order valence-electron chi connectivity index (χ3n) is 3.52. The minimum absolute atomic E-state index is 0.0995. The number of Topliss-reactive ketones (excluding diaryl/α,β-unsaturated/α-hetero) is 1. The van der Waals surface area contributed by atoms with E-state index >= 15 is 0 Å². The Morgan fingerprint density at radius 1 is 1.11 bits per heavy atom. The molecule has 1 rings (SSSR count). The summed E-state index contributed by atoms with van der Waals surface area (Å²) in [6.07, 6.45) is -1.09. The van der Waals surface area contributed by atoms with E-state index < -0.39 is 34.0 Å². The van der Waals surface area contributed by atoms with Crippen LogP contribution >= 0.6 is 0 Å². The van der Waals surface area contributed by atoms with Gasteiger partial charge in [0.15, 0.2) is 11.9 Å². The summed E-state index contributed by atoms with van der Waals surface area (Å²) < 4.78 is 36.6. The van der Waals surface area contributed by atoms with Gasteiger partial charge < -0.3 is 14.8 Å². The van der Waals surface area contributed by atoms with Crippen molar-refractivity contribution in [2.45, 2.75) is 37.8 Å². The molecule has 0 spiro atoms. The molecule has 0 unspecified atom stereocenters. The van der Waals surface area contributed by atoms with Crippen molar-refractivity contribution in [2.75, 3.05) is 20.3 Å². The van der Waals surface area contributed by atoms with Gasteiger partial charge in [0, 0.05) is 19.2 Å². The van der Waals surface area contributed by atoms with Gasteiger partial charge in [-0.05, 0) is 32.9 Å². The Kier molecular flexibility index (Phi) is 8.54. The van der Waals surface area contributed by atoms with Gasteiger partial charge in [0.25, 0.3) is 5.91 Å². The van der Waals surface area contributed by atoms with Gasteiger partial charge in [-0.2, -0.15) is 4.72 Å². The van der Waals surface area contributed by atoms with Crippen molar-refractivity contribution in [3.63, 3.8) is 0 Å². The number of methoxy groups -OCH3 is 1. The van der Waals surface area contributed by atoms with Crippen LogP contribution in [0, 0.1) is 0 Å². The molecule has 0 aromatic heterocycles. The summed E-state index contributed by atoms with van der Waals surface area (Å²) in [6, 6.07) is 4.08. The first-order chi connectivity index (χ1) is 12.6. The Morgan fingerprint density at radius 3 is 2.22 bits per heavy atom. The fraction of sp³-hybridized carbons (Fsp3) is 0.471. The zero-order valence-electron chi connectivity index (χ0n) is 15.6. The van der Waals surface area contributed by atoms with E-state index in [-0.39, 0.29) is 17.2 Å². The summed E-state index contributed by atoms with van der Waals surface area (Å²) in [7, 11) is -2.52. The molecular formula is C17H24N2O7S. The molecule has 1 amide bonds. The van der Waals surface area contributed by atoms with E-state index in [1.807, 2.05) is 0 Å². The molecule has 1 aromatic carbocycles. The highest BCUT2D eigenvalue weighted by molar-refractivity contribution is 7.89. The number of hydrogen-bond acceptors (Lipinski definition) is 7. The van der Waals surface area contributed by atoms with Crippen molar-refractivity contribution in [1.82, 2.24) is 10.0 Å². The SMILES string of the molecule is COCCNC(=O)[C@@H](C)OC(=O)[C@H](C)NS(=O)(=O)c1ccc(C(C)=O)cc1. The molecule has 0 aliphatic rings. The Balaban J connectivity index is 2.67. The molecule has 0 aliphatic heterocycles. The van der Waals surface area contributed by atoms with E-state index in [4.69, 9.17) is 9.47 Å². The lowest BCUT2D eigenvalue weighted by molar-refractivity contribution is -0.156. The third kappa shape index (κ3) is 7.08. The lowest BCUT2D eigenvalue weighted by Gasteiger charge is -2.17. The normalized spacial score (nSPS) is 13.5. The van der Waals surface area contributed by atoms with Crippen LogP contribution in [0.3, 0.4) is 0 Å². The van der Waals surface area contributed by atoms with Crippen LogP contribution in [0.25, 0.3) is 0 Å². The minimum atomic E-state index is -4.00. The highest BCUT2D eigenvalue weighted by atomic mass is 32.2. The van der Waals surface area contributed by atoms with Crippen LogP contribution < -0.4 is 10.0 Å². The molecule has 0 fully saturated rings. The van der Waals surface area contributed by atoms with Crippen LogP contribution in [-0.4, -0.2) is 58.5 Å². The van der Waals surface area contributed by atoms with Gasteiger partial charge in [0.05, 0.1) is 11.5 Å². The summed E-state index contributed by atoms with van der Waals surface area (Å²) >= 11 is 0. The van der Waals surface area contributed by atoms with Gasteiger partial charge in [-0.25, -0.2) is 8.42 Å². The maximum Gasteiger partial charge on any atom is 0.324 e. The maximum absolute atomic E-state index is 12.3. The van der Waals surface area contributed by atoms with Crippen molar-refractivity contribution in [1.29, 1.82) is 0 Å². The molecule has 27 heavy (non-hydrogen) atoms. The number of benzene rings is 1. The van der Waals surface area contributed by atoms with Gasteiger partial charge >= 0.3 is 5.97 Å². The lowest BCUT2D eigenvalue weighted by atomic mass is 10.2. The first kappa shape index (κ1) is 22.7. The number of ether oxygens (including phenoxy) is 2. The van der Waals surface area contributed by atoms with Crippen LogP contribution in [-0.2, 0) is 29.1 Å². The predicted molar refractivity (Wildman–Crippen MR) is 96.7 cm³/mol. The Hall–Kier alpha value is -2.30. The summed E-state index contributed by atoms with van der Waals surface area (Å²) in [4.78, 5) is 35.0. The smallest absolute Gasteiger partial charge is 0.324 e. The third-order valence-corrected chi connectivity index (χ3v) is 5.08. The second-order valence-corrected chi connectivity index (χ2v) is 7.50. The van der Waals surface area contributed by atoms with Crippen molar-refractivity contribution >= 4 is 27.7 Å². The van der Waals surface area contributed by atoms with E-state index in [0.29, 0.717) is 12.2 Å². The lowest BCUT2D eigenvalue weighted by Crippen LogP contribution is -2.43. The number of amides is 1. The van der Waals surface area contributed by atoms with Crippen molar-refractivity contribution in [3.05, 3.63) is 29.8 Å². The van der Waals surface area contributed by atoms with Crippen LogP contribution in [0.2, 0.25) is 0 Å². The van der Waals surface area contributed by atoms with Gasteiger partial charge in [-0.3, -0.25) is 14.4 Å². The Labute approximate surface area is 158 Å². The number of ketones is 1. The molecule has 0 aliphatic carbocycles. The van der Waals surface area contributed by atoms with E-state index in [9.17, 15) is 22.8 Å². The van der Waals surface area contributed by atoms with E-state index in [2.05, 4.69) is 10.0 Å². The molecule has 9 nitrogen and oxygen atoms in total. The Morgan fingerprint density at radius 2 is 1.70 bits per heavy atom. The van der Waals surface area contributed by atoms with Crippen molar-refractivity contribution in [3.8, 4) is 0 Å². The predicted octanol–water partition coefficient (Wildman–Crippen LogP) is 0.250. The quantitative estimate of drug-likeness (QED) is 0.327. The molecule has 150 valence electrons. The highest BCUT2D eigenvalue weighted by Gasteiger charge is 2.26. The van der Waals surface area contributed by atoms with E-state index in [1.54, 1.807) is 0 Å². The summed E-state index contributed by atoms with van der Waals surface area (Å²) in [6.45, 7) is 4.62. The molecule has 2 atom stereocenters. The van der Waals surface area contributed by atoms with Gasteiger partial charge in [0.1, 0.15) is 6.04 Å². The fourth-order valence-corrected chi connectivity index (χ4v) is 3.16. The van der Waals surface area contributed by atoms with Crippen LogP contribution in [0.1, 0.15) is 31.1 Å². The summed E-state index contributed by atoms with van der Waals surface area (Å²) in [5, 5.41) is 2.51. The highest BCUT2D eigenvalue weighted by Crippen LogP contribution is 2.12. The molecule has 0 bridgehead atoms. The van der Waals surface area contributed by atoms with Gasteiger partial charge in [-0.1, -0.05) is 12.1 Å². The molecule has 0 saturated carbocycles. The number of carbonyl (C=O) groups excluding carboxylic acids is 3. The molecular weight excluding hydrogens is 376 g/mol. The Bertz CT molecular complexity index is 775.